The van der Waals surface area contributed by atoms with E-state index in [2.05, 4.69) is 20.6 Å². The van der Waals surface area contributed by atoms with Gasteiger partial charge in [0.15, 0.2) is 11.5 Å². The minimum absolute atomic E-state index is 0.261. The van der Waals surface area contributed by atoms with E-state index >= 15 is 0 Å². The Bertz CT molecular complexity index is 744. The van der Waals surface area contributed by atoms with Crippen molar-refractivity contribution in [2.75, 3.05) is 46.9 Å². The maximum Gasteiger partial charge on any atom is 0.270 e. The standard InChI is InChI=1S/C18H24N4O5/c1-24-9-5-7-19-17(23)13-6-8-20-18(22-13)21-12-10-14(25-2)16(27-4)15(11-12)26-3/h6,8,10-11H,5,7,9H2,1-4H3,(H,19,23)(H,20,21,22). The van der Waals surface area contributed by atoms with Crippen LogP contribution in [0.5, 0.6) is 17.2 Å². The normalized spacial score (nSPS) is 10.2. The molecule has 9 heteroatoms. The molecule has 0 unspecified atom stereocenters. The quantitative estimate of drug-likeness (QED) is 0.607. The lowest BCUT2D eigenvalue weighted by Gasteiger charge is -2.14. The second-order valence-electron chi connectivity index (χ2n) is 5.41. The summed E-state index contributed by atoms with van der Waals surface area (Å²) in [7, 11) is 6.22. The summed E-state index contributed by atoms with van der Waals surface area (Å²) in [6.07, 6.45) is 2.24. The predicted octanol–water partition coefficient (Wildman–Crippen LogP) is 2.01. The summed E-state index contributed by atoms with van der Waals surface area (Å²) >= 11 is 0. The molecule has 2 rings (SSSR count). The highest BCUT2D eigenvalue weighted by Crippen LogP contribution is 2.40. The predicted molar refractivity (Wildman–Crippen MR) is 100 cm³/mol. The molecule has 1 amide bonds. The fourth-order valence-corrected chi connectivity index (χ4v) is 2.34. The summed E-state index contributed by atoms with van der Waals surface area (Å²) in [4.78, 5) is 20.6. The molecular weight excluding hydrogens is 352 g/mol. The number of hydrogen-bond donors (Lipinski definition) is 2. The Morgan fingerprint density at radius 1 is 1.07 bits per heavy atom. The Kier molecular flexibility index (Phi) is 7.63. The SMILES string of the molecule is COCCCNC(=O)c1ccnc(Nc2cc(OC)c(OC)c(OC)c2)n1. The maximum atomic E-state index is 12.2. The van der Waals surface area contributed by atoms with Gasteiger partial charge in [-0.3, -0.25) is 4.79 Å². The van der Waals surface area contributed by atoms with Crippen molar-refractivity contribution in [2.45, 2.75) is 6.42 Å². The summed E-state index contributed by atoms with van der Waals surface area (Å²) in [5.41, 5.74) is 0.888. The van der Waals surface area contributed by atoms with E-state index in [-0.39, 0.29) is 17.5 Å². The lowest BCUT2D eigenvalue weighted by molar-refractivity contribution is 0.0943. The molecule has 0 aliphatic carbocycles. The van der Waals surface area contributed by atoms with Crippen LogP contribution in [0.25, 0.3) is 0 Å². The molecule has 2 aromatic rings. The summed E-state index contributed by atoms with van der Waals surface area (Å²) in [6.45, 7) is 1.09. The van der Waals surface area contributed by atoms with Crippen molar-refractivity contribution in [3.63, 3.8) is 0 Å². The fourth-order valence-electron chi connectivity index (χ4n) is 2.34. The topological polar surface area (TPSA) is 104 Å². The van der Waals surface area contributed by atoms with Crippen molar-refractivity contribution < 1.29 is 23.7 Å². The molecular formula is C18H24N4O5. The van der Waals surface area contributed by atoms with Crippen molar-refractivity contribution in [3.05, 3.63) is 30.1 Å². The molecule has 1 aromatic carbocycles. The third kappa shape index (κ3) is 5.45. The van der Waals surface area contributed by atoms with Crippen molar-refractivity contribution in [3.8, 4) is 17.2 Å². The molecule has 9 nitrogen and oxygen atoms in total. The van der Waals surface area contributed by atoms with Crippen LogP contribution in [0, 0.1) is 0 Å². The zero-order chi connectivity index (χ0) is 19.6. The van der Waals surface area contributed by atoms with Gasteiger partial charge < -0.3 is 29.6 Å². The van der Waals surface area contributed by atoms with E-state index in [9.17, 15) is 4.79 Å². The van der Waals surface area contributed by atoms with Crippen LogP contribution in [-0.2, 0) is 4.74 Å². The highest BCUT2D eigenvalue weighted by molar-refractivity contribution is 5.92. The van der Waals surface area contributed by atoms with Gasteiger partial charge in [0.1, 0.15) is 5.69 Å². The number of amides is 1. The van der Waals surface area contributed by atoms with E-state index < -0.39 is 0 Å². The second-order valence-corrected chi connectivity index (χ2v) is 5.41. The number of nitrogens with zero attached hydrogens (tertiary/aromatic N) is 2. The molecule has 0 aliphatic heterocycles. The zero-order valence-electron chi connectivity index (χ0n) is 15.9. The van der Waals surface area contributed by atoms with Crippen LogP contribution in [0.15, 0.2) is 24.4 Å². The number of hydrogen-bond acceptors (Lipinski definition) is 8. The van der Waals surface area contributed by atoms with Crippen molar-refractivity contribution >= 4 is 17.5 Å². The number of rotatable bonds is 10. The van der Waals surface area contributed by atoms with Gasteiger partial charge in [-0.25, -0.2) is 9.97 Å². The highest BCUT2D eigenvalue weighted by atomic mass is 16.5. The van der Waals surface area contributed by atoms with Crippen LogP contribution in [-0.4, -0.2) is 57.5 Å². The van der Waals surface area contributed by atoms with Crippen LogP contribution in [0.3, 0.4) is 0 Å². The summed E-state index contributed by atoms with van der Waals surface area (Å²) in [6, 6.07) is 5.00. The maximum absolute atomic E-state index is 12.2. The molecule has 0 aliphatic rings. The monoisotopic (exact) mass is 376 g/mol. The van der Waals surface area contributed by atoms with E-state index in [0.717, 1.165) is 6.42 Å². The van der Waals surface area contributed by atoms with Crippen LogP contribution in [0.4, 0.5) is 11.6 Å². The van der Waals surface area contributed by atoms with E-state index in [1.54, 1.807) is 25.3 Å². The number of carbonyl (C=O) groups excluding carboxylic acids is 1. The van der Waals surface area contributed by atoms with Gasteiger partial charge in [0, 0.05) is 44.3 Å². The van der Waals surface area contributed by atoms with Gasteiger partial charge in [-0.2, -0.15) is 0 Å². The van der Waals surface area contributed by atoms with Crippen LogP contribution in [0.1, 0.15) is 16.9 Å². The minimum Gasteiger partial charge on any atom is -0.493 e. The Morgan fingerprint density at radius 3 is 2.37 bits per heavy atom. The number of nitrogens with one attached hydrogen (secondary N) is 2. The van der Waals surface area contributed by atoms with Gasteiger partial charge in [0.2, 0.25) is 11.7 Å². The molecule has 0 radical (unpaired) electrons. The van der Waals surface area contributed by atoms with Crippen LogP contribution >= 0.6 is 0 Å². The number of ether oxygens (including phenoxy) is 4. The lowest BCUT2D eigenvalue weighted by atomic mass is 10.2. The van der Waals surface area contributed by atoms with Gasteiger partial charge in [0.05, 0.1) is 21.3 Å². The molecule has 0 saturated heterocycles. The number of carbonyl (C=O) groups is 1. The molecule has 2 N–H and O–H groups in total. The van der Waals surface area contributed by atoms with Gasteiger partial charge in [-0.15, -0.1) is 0 Å². The summed E-state index contributed by atoms with van der Waals surface area (Å²) < 4.78 is 20.9. The molecule has 146 valence electrons. The molecule has 1 aromatic heterocycles. The smallest absolute Gasteiger partial charge is 0.270 e. The molecule has 1 heterocycles. The van der Waals surface area contributed by atoms with Crippen LogP contribution in [0.2, 0.25) is 0 Å². The fraction of sp³-hybridized carbons (Fsp3) is 0.389. The Balaban J connectivity index is 2.15. The van der Waals surface area contributed by atoms with Gasteiger partial charge in [-0.1, -0.05) is 0 Å². The highest BCUT2D eigenvalue weighted by Gasteiger charge is 2.14. The number of methoxy groups -OCH3 is 4. The Morgan fingerprint density at radius 2 is 1.78 bits per heavy atom. The Labute approximate surface area is 158 Å². The summed E-state index contributed by atoms with van der Waals surface area (Å²) in [5, 5.41) is 5.82. The largest absolute Gasteiger partial charge is 0.493 e. The van der Waals surface area contributed by atoms with E-state index in [1.165, 1.54) is 27.5 Å². The van der Waals surface area contributed by atoms with Crippen molar-refractivity contribution in [1.82, 2.24) is 15.3 Å². The average molecular weight is 376 g/mol. The molecule has 27 heavy (non-hydrogen) atoms. The van der Waals surface area contributed by atoms with Gasteiger partial charge >= 0.3 is 0 Å². The van der Waals surface area contributed by atoms with Crippen molar-refractivity contribution in [2.24, 2.45) is 0 Å². The van der Waals surface area contributed by atoms with Crippen LogP contribution < -0.4 is 24.8 Å². The first-order valence-electron chi connectivity index (χ1n) is 8.30. The first kappa shape index (κ1) is 20.2. The number of anilines is 2. The van der Waals surface area contributed by atoms with Gasteiger partial charge in [-0.05, 0) is 12.5 Å². The van der Waals surface area contributed by atoms with E-state index in [1.807, 2.05) is 0 Å². The average Bonchev–Trinajstić information content (AvgIpc) is 2.70. The van der Waals surface area contributed by atoms with E-state index in [4.69, 9.17) is 18.9 Å². The first-order valence-corrected chi connectivity index (χ1v) is 8.30. The molecule has 0 atom stereocenters. The van der Waals surface area contributed by atoms with E-state index in [0.29, 0.717) is 36.1 Å². The first-order chi connectivity index (χ1) is 13.1. The number of aromatic nitrogens is 2. The minimum atomic E-state index is -0.276. The molecule has 0 saturated carbocycles. The van der Waals surface area contributed by atoms with Gasteiger partial charge in [0.25, 0.3) is 5.91 Å². The van der Waals surface area contributed by atoms with Crippen molar-refractivity contribution in [1.29, 1.82) is 0 Å². The third-order valence-corrected chi connectivity index (χ3v) is 3.62. The second kappa shape index (κ2) is 10.2. The Hall–Kier alpha value is -3.07. The molecule has 0 spiro atoms. The zero-order valence-corrected chi connectivity index (χ0v) is 15.9. The molecule has 0 bridgehead atoms. The summed E-state index contributed by atoms with van der Waals surface area (Å²) in [5.74, 6) is 1.46. The number of benzene rings is 1. The third-order valence-electron chi connectivity index (χ3n) is 3.62. The molecule has 0 fully saturated rings. The lowest BCUT2D eigenvalue weighted by Crippen LogP contribution is -2.26.